The first-order valence-corrected chi connectivity index (χ1v) is 10.0. The molecule has 0 aromatic carbocycles. The van der Waals surface area contributed by atoms with Gasteiger partial charge in [-0.15, -0.1) is 0 Å². The van der Waals surface area contributed by atoms with Crippen LogP contribution in [0.3, 0.4) is 0 Å². The first kappa shape index (κ1) is 19.6. The predicted octanol–water partition coefficient (Wildman–Crippen LogP) is 3.06. The minimum Gasteiger partial charge on any atom is -0.381 e. The highest BCUT2D eigenvalue weighted by Gasteiger charge is 2.42. The highest BCUT2D eigenvalue weighted by molar-refractivity contribution is 6.29. The van der Waals surface area contributed by atoms with Gasteiger partial charge in [0, 0.05) is 19.3 Å². The van der Waals surface area contributed by atoms with Crippen LogP contribution in [0.5, 0.6) is 0 Å². The molecule has 2 heterocycles. The summed E-state index contributed by atoms with van der Waals surface area (Å²) in [6, 6.07) is 4.14. The standard InChI is InChI=1S/C20H30ClN3O2/c1-24-11-6-16(7-12-24)23-19(25)20(8-3-17(26-2)4-9-20)14-15-5-10-22-18(21)13-15/h5,10,13,16-17H,3-4,6-9,11-12,14H2,1-2H3,(H,23,25). The van der Waals surface area contributed by atoms with Crippen LogP contribution in [-0.2, 0) is 16.0 Å². The Labute approximate surface area is 161 Å². The number of hydrogen-bond donors (Lipinski definition) is 1. The number of carbonyl (C=O) groups is 1. The average molecular weight is 380 g/mol. The number of amides is 1. The van der Waals surface area contributed by atoms with Crippen LogP contribution in [0.1, 0.15) is 44.1 Å². The van der Waals surface area contributed by atoms with Crippen LogP contribution < -0.4 is 5.32 Å². The van der Waals surface area contributed by atoms with Crippen LogP contribution in [0.4, 0.5) is 0 Å². The summed E-state index contributed by atoms with van der Waals surface area (Å²) >= 11 is 6.07. The van der Waals surface area contributed by atoms with Gasteiger partial charge in [0.15, 0.2) is 0 Å². The second-order valence-corrected chi connectivity index (χ2v) is 8.32. The monoisotopic (exact) mass is 379 g/mol. The van der Waals surface area contributed by atoms with Crippen molar-refractivity contribution in [2.24, 2.45) is 5.41 Å². The minimum atomic E-state index is -0.372. The second-order valence-electron chi connectivity index (χ2n) is 7.93. The van der Waals surface area contributed by atoms with Crippen molar-refractivity contribution in [3.05, 3.63) is 29.0 Å². The molecule has 5 nitrogen and oxygen atoms in total. The summed E-state index contributed by atoms with van der Waals surface area (Å²) in [6.45, 7) is 2.09. The van der Waals surface area contributed by atoms with Gasteiger partial charge in [-0.05, 0) is 82.8 Å². The van der Waals surface area contributed by atoms with Gasteiger partial charge in [0.2, 0.25) is 5.91 Å². The van der Waals surface area contributed by atoms with E-state index in [9.17, 15) is 4.79 Å². The summed E-state index contributed by atoms with van der Waals surface area (Å²) < 4.78 is 5.53. The molecule has 6 heteroatoms. The lowest BCUT2D eigenvalue weighted by Gasteiger charge is -2.40. The van der Waals surface area contributed by atoms with Crippen molar-refractivity contribution in [1.82, 2.24) is 15.2 Å². The maximum absolute atomic E-state index is 13.3. The Kier molecular flexibility index (Phi) is 6.54. The molecule has 1 aliphatic carbocycles. The van der Waals surface area contributed by atoms with E-state index in [0.717, 1.165) is 57.2 Å². The van der Waals surface area contributed by atoms with Gasteiger partial charge in [0.25, 0.3) is 0 Å². The van der Waals surface area contributed by atoms with Crippen molar-refractivity contribution in [3.63, 3.8) is 0 Å². The first-order chi connectivity index (χ1) is 12.5. The molecule has 26 heavy (non-hydrogen) atoms. The Morgan fingerprint density at radius 2 is 2.04 bits per heavy atom. The molecule has 1 saturated carbocycles. The Morgan fingerprint density at radius 1 is 1.35 bits per heavy atom. The summed E-state index contributed by atoms with van der Waals surface area (Å²) in [6.07, 6.45) is 8.31. The molecule has 2 aliphatic rings. The molecule has 1 N–H and O–H groups in total. The topological polar surface area (TPSA) is 54.5 Å². The molecule has 144 valence electrons. The lowest BCUT2D eigenvalue weighted by atomic mass is 9.68. The van der Waals surface area contributed by atoms with Gasteiger partial charge in [0.05, 0.1) is 11.5 Å². The van der Waals surface area contributed by atoms with Gasteiger partial charge in [-0.25, -0.2) is 4.98 Å². The van der Waals surface area contributed by atoms with Crippen LogP contribution in [0.2, 0.25) is 5.15 Å². The van der Waals surface area contributed by atoms with Crippen molar-refractivity contribution < 1.29 is 9.53 Å². The molecule has 1 amide bonds. The normalized spacial score (nSPS) is 28.0. The molecule has 0 spiro atoms. The second kappa shape index (κ2) is 8.68. The zero-order valence-electron chi connectivity index (χ0n) is 15.8. The van der Waals surface area contributed by atoms with E-state index in [4.69, 9.17) is 16.3 Å². The highest BCUT2D eigenvalue weighted by Crippen LogP contribution is 2.41. The fourth-order valence-electron chi connectivity index (χ4n) is 4.30. The third kappa shape index (κ3) is 4.76. The third-order valence-electron chi connectivity index (χ3n) is 6.09. The molecule has 1 aromatic heterocycles. The molecular weight excluding hydrogens is 350 g/mol. The van der Waals surface area contributed by atoms with E-state index in [1.807, 2.05) is 12.1 Å². The van der Waals surface area contributed by atoms with Crippen LogP contribution in [0.15, 0.2) is 18.3 Å². The van der Waals surface area contributed by atoms with Gasteiger partial charge >= 0.3 is 0 Å². The van der Waals surface area contributed by atoms with Gasteiger partial charge in [-0.2, -0.15) is 0 Å². The fourth-order valence-corrected chi connectivity index (χ4v) is 4.49. The van der Waals surface area contributed by atoms with E-state index in [1.165, 1.54) is 0 Å². The molecule has 2 fully saturated rings. The highest BCUT2D eigenvalue weighted by atomic mass is 35.5. The molecule has 0 radical (unpaired) electrons. The van der Waals surface area contributed by atoms with E-state index in [0.29, 0.717) is 11.6 Å². The number of rotatable bonds is 5. The maximum Gasteiger partial charge on any atom is 0.226 e. The summed E-state index contributed by atoms with van der Waals surface area (Å²) in [5, 5.41) is 3.85. The smallest absolute Gasteiger partial charge is 0.226 e. The van der Waals surface area contributed by atoms with E-state index in [1.54, 1.807) is 13.3 Å². The van der Waals surface area contributed by atoms with Crippen molar-refractivity contribution in [1.29, 1.82) is 0 Å². The number of halogens is 1. The molecule has 1 aliphatic heterocycles. The summed E-state index contributed by atoms with van der Waals surface area (Å²) in [7, 11) is 3.90. The Hall–Kier alpha value is -1.17. The van der Waals surface area contributed by atoms with E-state index >= 15 is 0 Å². The van der Waals surface area contributed by atoms with Crippen molar-refractivity contribution in [2.45, 2.75) is 57.1 Å². The van der Waals surface area contributed by atoms with Crippen LogP contribution in [0.25, 0.3) is 0 Å². The van der Waals surface area contributed by atoms with Crippen molar-refractivity contribution in [3.8, 4) is 0 Å². The maximum atomic E-state index is 13.3. The lowest BCUT2D eigenvalue weighted by Crippen LogP contribution is -2.51. The van der Waals surface area contributed by atoms with Crippen molar-refractivity contribution in [2.75, 3.05) is 27.2 Å². The third-order valence-corrected chi connectivity index (χ3v) is 6.30. The number of hydrogen-bond acceptors (Lipinski definition) is 4. The molecule has 0 unspecified atom stereocenters. The number of aromatic nitrogens is 1. The average Bonchev–Trinajstić information content (AvgIpc) is 2.64. The zero-order valence-corrected chi connectivity index (χ0v) is 16.6. The number of methoxy groups -OCH3 is 1. The lowest BCUT2D eigenvalue weighted by molar-refractivity contribution is -0.135. The van der Waals surface area contributed by atoms with Crippen LogP contribution >= 0.6 is 11.6 Å². The minimum absolute atomic E-state index is 0.203. The Balaban J connectivity index is 1.73. The molecule has 3 rings (SSSR count). The number of nitrogens with zero attached hydrogens (tertiary/aromatic N) is 2. The van der Waals surface area contributed by atoms with E-state index < -0.39 is 0 Å². The predicted molar refractivity (Wildman–Crippen MR) is 103 cm³/mol. The van der Waals surface area contributed by atoms with Crippen LogP contribution in [0, 0.1) is 5.41 Å². The summed E-state index contributed by atoms with van der Waals surface area (Å²) in [5.74, 6) is 0.203. The van der Waals surface area contributed by atoms with E-state index in [2.05, 4.69) is 22.2 Å². The SMILES string of the molecule is COC1CCC(Cc2ccnc(Cl)c2)(C(=O)NC2CCN(C)CC2)CC1. The number of likely N-dealkylation sites (tertiary alicyclic amines) is 1. The number of piperidine rings is 1. The first-order valence-electron chi connectivity index (χ1n) is 9.63. The molecule has 0 bridgehead atoms. The quantitative estimate of drug-likeness (QED) is 0.799. The molecule has 0 atom stereocenters. The molecule has 1 saturated heterocycles. The zero-order chi connectivity index (χ0) is 18.6. The van der Waals surface area contributed by atoms with Crippen molar-refractivity contribution >= 4 is 17.5 Å². The van der Waals surface area contributed by atoms with Gasteiger partial charge in [-0.1, -0.05) is 11.6 Å². The summed E-state index contributed by atoms with van der Waals surface area (Å²) in [5.41, 5.74) is 0.711. The fraction of sp³-hybridized carbons (Fsp3) is 0.700. The number of nitrogens with one attached hydrogen (secondary N) is 1. The van der Waals surface area contributed by atoms with Gasteiger partial charge in [-0.3, -0.25) is 4.79 Å². The van der Waals surface area contributed by atoms with Gasteiger partial charge in [0.1, 0.15) is 5.15 Å². The number of carbonyl (C=O) groups excluding carboxylic acids is 1. The number of pyridine rings is 1. The largest absolute Gasteiger partial charge is 0.381 e. The molecular formula is C20H30ClN3O2. The number of ether oxygens (including phenoxy) is 1. The van der Waals surface area contributed by atoms with E-state index in [-0.39, 0.29) is 23.5 Å². The Bertz CT molecular complexity index is 609. The molecule has 1 aromatic rings. The van der Waals surface area contributed by atoms with Gasteiger partial charge < -0.3 is 15.0 Å². The van der Waals surface area contributed by atoms with Crippen LogP contribution in [-0.4, -0.2) is 55.2 Å². The summed E-state index contributed by atoms with van der Waals surface area (Å²) in [4.78, 5) is 19.7. The Morgan fingerprint density at radius 3 is 2.65 bits per heavy atom.